The highest BCUT2D eigenvalue weighted by Crippen LogP contribution is 2.16. The third kappa shape index (κ3) is 4.06. The van der Waals surface area contributed by atoms with Gasteiger partial charge in [0.1, 0.15) is 11.7 Å². The van der Waals surface area contributed by atoms with Gasteiger partial charge < -0.3 is 19.5 Å². The fourth-order valence-corrected chi connectivity index (χ4v) is 1.11. The Labute approximate surface area is 94.2 Å². The van der Waals surface area contributed by atoms with Gasteiger partial charge in [-0.15, -0.1) is 0 Å². The number of hydrogen-bond acceptors (Lipinski definition) is 5. The van der Waals surface area contributed by atoms with Gasteiger partial charge in [0.05, 0.1) is 13.7 Å². The minimum absolute atomic E-state index is 0.306. The van der Waals surface area contributed by atoms with Crippen LogP contribution in [0, 0.1) is 0 Å². The van der Waals surface area contributed by atoms with Crippen LogP contribution in [0.4, 0.5) is 4.79 Å². The largest absolute Gasteiger partial charge is 0.467 e. The Balaban J connectivity index is 2.49. The number of amides is 1. The molecule has 1 saturated heterocycles. The van der Waals surface area contributed by atoms with Crippen molar-refractivity contribution in [2.45, 2.75) is 38.5 Å². The van der Waals surface area contributed by atoms with Gasteiger partial charge in [-0.05, 0) is 20.8 Å². The molecule has 1 N–H and O–H groups in total. The van der Waals surface area contributed by atoms with Crippen molar-refractivity contribution in [1.82, 2.24) is 5.32 Å². The van der Waals surface area contributed by atoms with E-state index in [0.29, 0.717) is 6.61 Å². The number of epoxide rings is 1. The van der Waals surface area contributed by atoms with Gasteiger partial charge in [0.2, 0.25) is 0 Å². The second kappa shape index (κ2) is 4.69. The summed E-state index contributed by atoms with van der Waals surface area (Å²) < 4.78 is 14.5. The molecule has 6 nitrogen and oxygen atoms in total. The first kappa shape index (κ1) is 12.8. The van der Waals surface area contributed by atoms with Crippen molar-refractivity contribution >= 4 is 12.1 Å². The van der Waals surface area contributed by atoms with Crippen LogP contribution in [0.2, 0.25) is 0 Å². The van der Waals surface area contributed by atoms with Crippen LogP contribution in [0.5, 0.6) is 0 Å². The van der Waals surface area contributed by atoms with Gasteiger partial charge in [-0.2, -0.15) is 0 Å². The Bertz CT molecular complexity index is 279. The van der Waals surface area contributed by atoms with Crippen LogP contribution >= 0.6 is 0 Å². The molecule has 0 aromatic carbocycles. The fourth-order valence-electron chi connectivity index (χ4n) is 1.11. The maximum atomic E-state index is 11.4. The molecule has 1 amide bonds. The summed E-state index contributed by atoms with van der Waals surface area (Å²) in [5.41, 5.74) is -0.602. The minimum atomic E-state index is -0.792. The zero-order valence-corrected chi connectivity index (χ0v) is 9.90. The van der Waals surface area contributed by atoms with E-state index in [2.05, 4.69) is 10.1 Å². The van der Waals surface area contributed by atoms with E-state index in [9.17, 15) is 9.59 Å². The molecule has 2 unspecified atom stereocenters. The number of alkyl carbamates (subject to hydrolysis) is 1. The Hall–Kier alpha value is -1.30. The average Bonchev–Trinajstić information content (AvgIpc) is 2.93. The quantitative estimate of drug-likeness (QED) is 0.563. The lowest BCUT2D eigenvalue weighted by Crippen LogP contribution is -2.47. The molecule has 0 radical (unpaired) electrons. The maximum Gasteiger partial charge on any atom is 0.408 e. The smallest absolute Gasteiger partial charge is 0.408 e. The summed E-state index contributed by atoms with van der Waals surface area (Å²) in [5, 5.41) is 2.43. The van der Waals surface area contributed by atoms with E-state index < -0.39 is 23.7 Å². The van der Waals surface area contributed by atoms with Gasteiger partial charge >= 0.3 is 12.1 Å². The van der Waals surface area contributed by atoms with Gasteiger partial charge in [0.15, 0.2) is 6.04 Å². The summed E-state index contributed by atoms with van der Waals surface area (Å²) in [6, 6.07) is -0.792. The van der Waals surface area contributed by atoms with Crippen LogP contribution in [0.15, 0.2) is 0 Å². The van der Waals surface area contributed by atoms with E-state index >= 15 is 0 Å². The van der Waals surface area contributed by atoms with E-state index in [4.69, 9.17) is 9.47 Å². The first-order chi connectivity index (χ1) is 7.33. The topological polar surface area (TPSA) is 77.2 Å². The monoisotopic (exact) mass is 231 g/mol. The molecule has 0 bridgehead atoms. The molecular formula is C10H17NO5. The van der Waals surface area contributed by atoms with Crippen LogP contribution in [-0.2, 0) is 19.0 Å². The van der Waals surface area contributed by atoms with Crippen molar-refractivity contribution in [3.05, 3.63) is 0 Å². The number of carbonyl (C=O) groups excluding carboxylic acids is 2. The normalized spacial score (nSPS) is 20.9. The van der Waals surface area contributed by atoms with Crippen LogP contribution in [0.1, 0.15) is 20.8 Å². The van der Waals surface area contributed by atoms with Gasteiger partial charge in [-0.3, -0.25) is 0 Å². The second-order valence-electron chi connectivity index (χ2n) is 4.52. The summed E-state index contributed by atoms with van der Waals surface area (Å²) in [5.74, 6) is -0.534. The molecule has 1 fully saturated rings. The van der Waals surface area contributed by atoms with Crippen LogP contribution in [0.3, 0.4) is 0 Å². The zero-order chi connectivity index (χ0) is 12.3. The summed E-state index contributed by atoms with van der Waals surface area (Å²) in [6.07, 6.45) is -0.960. The zero-order valence-electron chi connectivity index (χ0n) is 9.90. The molecular weight excluding hydrogens is 214 g/mol. The van der Waals surface area contributed by atoms with E-state index in [-0.39, 0.29) is 6.10 Å². The van der Waals surface area contributed by atoms with Crippen molar-refractivity contribution < 1.29 is 23.8 Å². The number of methoxy groups -OCH3 is 1. The number of nitrogens with one attached hydrogen (secondary N) is 1. The van der Waals surface area contributed by atoms with E-state index in [0.717, 1.165) is 0 Å². The van der Waals surface area contributed by atoms with E-state index in [1.807, 2.05) is 0 Å². The number of carbonyl (C=O) groups is 2. The number of esters is 1. The molecule has 0 saturated carbocycles. The molecule has 0 aromatic rings. The Morgan fingerprint density at radius 1 is 1.44 bits per heavy atom. The number of ether oxygens (including phenoxy) is 3. The summed E-state index contributed by atoms with van der Waals surface area (Å²) in [7, 11) is 1.26. The number of rotatable bonds is 3. The maximum absolute atomic E-state index is 11.4. The van der Waals surface area contributed by atoms with E-state index in [1.165, 1.54) is 7.11 Å². The Kier molecular flexibility index (Phi) is 3.74. The predicted molar refractivity (Wildman–Crippen MR) is 54.9 cm³/mol. The SMILES string of the molecule is COC(=O)C(NC(=O)OC(C)(C)C)C1CO1. The molecule has 2 atom stereocenters. The summed E-state index contributed by atoms with van der Waals surface area (Å²) in [4.78, 5) is 22.7. The molecule has 1 aliphatic rings. The lowest BCUT2D eigenvalue weighted by Gasteiger charge is -2.21. The van der Waals surface area contributed by atoms with Gasteiger partial charge in [0, 0.05) is 0 Å². The average molecular weight is 231 g/mol. The van der Waals surface area contributed by atoms with Crippen molar-refractivity contribution in [1.29, 1.82) is 0 Å². The lowest BCUT2D eigenvalue weighted by atomic mass is 10.2. The third-order valence-electron chi connectivity index (χ3n) is 1.86. The standard InChI is InChI=1S/C10H17NO5/c1-10(2,3)16-9(13)11-7(6-5-15-6)8(12)14-4/h6-7H,5H2,1-4H3,(H,11,13). The molecule has 1 rings (SSSR count). The van der Waals surface area contributed by atoms with Crippen molar-refractivity contribution in [3.63, 3.8) is 0 Å². The molecule has 16 heavy (non-hydrogen) atoms. The molecule has 1 heterocycles. The van der Waals surface area contributed by atoms with Gasteiger partial charge in [-0.25, -0.2) is 9.59 Å². The van der Waals surface area contributed by atoms with Crippen molar-refractivity contribution in [3.8, 4) is 0 Å². The molecule has 0 aromatic heterocycles. The van der Waals surface area contributed by atoms with Crippen LogP contribution < -0.4 is 5.32 Å². The highest BCUT2D eigenvalue weighted by molar-refractivity contribution is 5.82. The Morgan fingerprint density at radius 3 is 2.38 bits per heavy atom. The van der Waals surface area contributed by atoms with Gasteiger partial charge in [0.25, 0.3) is 0 Å². The molecule has 1 aliphatic heterocycles. The fraction of sp³-hybridized carbons (Fsp3) is 0.800. The van der Waals surface area contributed by atoms with Crippen molar-refractivity contribution in [2.75, 3.05) is 13.7 Å². The molecule has 6 heteroatoms. The minimum Gasteiger partial charge on any atom is -0.467 e. The number of hydrogen-bond donors (Lipinski definition) is 1. The molecule has 0 aliphatic carbocycles. The Morgan fingerprint density at radius 2 is 2.00 bits per heavy atom. The molecule has 92 valence electrons. The third-order valence-corrected chi connectivity index (χ3v) is 1.86. The predicted octanol–water partition coefficient (Wildman–Crippen LogP) is 0.451. The van der Waals surface area contributed by atoms with Crippen LogP contribution in [-0.4, -0.2) is 43.5 Å². The summed E-state index contributed by atoms with van der Waals surface area (Å²) >= 11 is 0. The van der Waals surface area contributed by atoms with E-state index in [1.54, 1.807) is 20.8 Å². The van der Waals surface area contributed by atoms with Crippen LogP contribution in [0.25, 0.3) is 0 Å². The second-order valence-corrected chi connectivity index (χ2v) is 4.52. The first-order valence-electron chi connectivity index (χ1n) is 5.02. The summed E-state index contributed by atoms with van der Waals surface area (Å²) in [6.45, 7) is 5.67. The lowest BCUT2D eigenvalue weighted by molar-refractivity contribution is -0.143. The molecule has 0 spiro atoms. The highest BCUT2D eigenvalue weighted by atomic mass is 16.6. The first-order valence-corrected chi connectivity index (χ1v) is 5.02. The van der Waals surface area contributed by atoms with Crippen molar-refractivity contribution in [2.24, 2.45) is 0 Å². The highest BCUT2D eigenvalue weighted by Gasteiger charge is 2.40. The van der Waals surface area contributed by atoms with Gasteiger partial charge in [-0.1, -0.05) is 0 Å².